The lowest BCUT2D eigenvalue weighted by Gasteiger charge is -2.28. The molecule has 32 heavy (non-hydrogen) atoms. The van der Waals surface area contributed by atoms with E-state index in [0.29, 0.717) is 11.3 Å². The van der Waals surface area contributed by atoms with Gasteiger partial charge in [-0.2, -0.15) is 0 Å². The van der Waals surface area contributed by atoms with Gasteiger partial charge in [-0.3, -0.25) is 4.79 Å². The third-order valence-electron chi connectivity index (χ3n) is 5.22. The standard InChI is InChI=1S/C25H24O7/c1-12(2)9-17(28)20-22(30)21-18(29)11-19-15(7-8-25(3,4)32-19)24(21)31-23(20)14-6-5-13(26)10-16(14)27/h5-11,17,26-29H,1-4H3. The largest absolute Gasteiger partial charge is 0.508 e. The topological polar surface area (TPSA) is 120 Å². The third kappa shape index (κ3) is 3.61. The van der Waals surface area contributed by atoms with E-state index in [4.69, 9.17) is 9.15 Å². The maximum Gasteiger partial charge on any atom is 0.203 e. The molecule has 1 aromatic heterocycles. The van der Waals surface area contributed by atoms with Crippen LogP contribution in [0, 0.1) is 0 Å². The summed E-state index contributed by atoms with van der Waals surface area (Å²) >= 11 is 0. The van der Waals surface area contributed by atoms with Crippen molar-refractivity contribution in [3.63, 3.8) is 0 Å². The van der Waals surface area contributed by atoms with Crippen molar-refractivity contribution < 1.29 is 29.6 Å². The zero-order chi connectivity index (χ0) is 23.4. The van der Waals surface area contributed by atoms with E-state index in [-0.39, 0.29) is 45.1 Å². The Hall–Kier alpha value is -3.71. The van der Waals surface area contributed by atoms with Crippen molar-refractivity contribution >= 4 is 17.0 Å². The molecule has 2 aromatic carbocycles. The molecule has 0 fully saturated rings. The van der Waals surface area contributed by atoms with Crippen molar-refractivity contribution in [2.75, 3.05) is 0 Å². The Kier molecular flexibility index (Phi) is 5.02. The predicted octanol–water partition coefficient (Wildman–Crippen LogP) is 4.76. The van der Waals surface area contributed by atoms with E-state index in [1.807, 2.05) is 13.8 Å². The summed E-state index contributed by atoms with van der Waals surface area (Å²) in [5.74, 6) is -0.583. The van der Waals surface area contributed by atoms with Crippen LogP contribution in [0.2, 0.25) is 0 Å². The number of aliphatic hydroxyl groups is 1. The quantitative estimate of drug-likeness (QED) is 0.437. The molecule has 0 amide bonds. The van der Waals surface area contributed by atoms with Gasteiger partial charge < -0.3 is 29.6 Å². The van der Waals surface area contributed by atoms with E-state index >= 15 is 0 Å². The average Bonchev–Trinajstić information content (AvgIpc) is 2.65. The summed E-state index contributed by atoms with van der Waals surface area (Å²) in [6, 6.07) is 5.19. The van der Waals surface area contributed by atoms with Crippen LogP contribution in [0.15, 0.2) is 51.2 Å². The number of rotatable bonds is 3. The highest BCUT2D eigenvalue weighted by Crippen LogP contribution is 2.43. The lowest BCUT2D eigenvalue weighted by molar-refractivity contribution is 0.158. The Bertz CT molecular complexity index is 1360. The second-order valence-electron chi connectivity index (χ2n) is 8.61. The number of benzene rings is 2. The van der Waals surface area contributed by atoms with E-state index < -0.39 is 17.1 Å². The number of phenolic OH excluding ortho intramolecular Hbond substituents is 3. The first kappa shape index (κ1) is 21.5. The van der Waals surface area contributed by atoms with Crippen LogP contribution in [-0.2, 0) is 0 Å². The van der Waals surface area contributed by atoms with Gasteiger partial charge >= 0.3 is 0 Å². The van der Waals surface area contributed by atoms with Crippen LogP contribution in [0.5, 0.6) is 23.0 Å². The monoisotopic (exact) mass is 436 g/mol. The van der Waals surface area contributed by atoms with Gasteiger partial charge in [0.1, 0.15) is 45.8 Å². The summed E-state index contributed by atoms with van der Waals surface area (Å²) < 4.78 is 12.0. The lowest BCUT2D eigenvalue weighted by Crippen LogP contribution is -2.27. The Morgan fingerprint density at radius 2 is 1.81 bits per heavy atom. The van der Waals surface area contributed by atoms with E-state index in [1.54, 1.807) is 26.0 Å². The summed E-state index contributed by atoms with van der Waals surface area (Å²) in [5, 5.41) is 41.5. The maximum atomic E-state index is 13.6. The number of ether oxygens (including phenoxy) is 1. The van der Waals surface area contributed by atoms with Crippen LogP contribution in [0.4, 0.5) is 0 Å². The summed E-state index contributed by atoms with van der Waals surface area (Å²) in [6.07, 6.45) is 3.66. The molecule has 1 aliphatic heterocycles. The van der Waals surface area contributed by atoms with Crippen molar-refractivity contribution in [1.82, 2.24) is 0 Å². The molecule has 3 aromatic rings. The maximum absolute atomic E-state index is 13.6. The number of allylic oxidation sites excluding steroid dienone is 1. The molecule has 0 radical (unpaired) electrons. The number of aliphatic hydroxyl groups excluding tert-OH is 1. The molecular formula is C25H24O7. The summed E-state index contributed by atoms with van der Waals surface area (Å²) in [7, 11) is 0. The molecule has 1 unspecified atom stereocenters. The third-order valence-corrected chi connectivity index (χ3v) is 5.22. The van der Waals surface area contributed by atoms with Gasteiger partial charge in [0, 0.05) is 12.1 Å². The molecule has 166 valence electrons. The highest BCUT2D eigenvalue weighted by molar-refractivity contribution is 5.95. The number of hydrogen-bond acceptors (Lipinski definition) is 7. The van der Waals surface area contributed by atoms with E-state index in [1.165, 1.54) is 24.3 Å². The minimum absolute atomic E-state index is 0.0624. The van der Waals surface area contributed by atoms with Gasteiger partial charge in [-0.15, -0.1) is 0 Å². The van der Waals surface area contributed by atoms with Gasteiger partial charge in [0.25, 0.3) is 0 Å². The Morgan fingerprint density at radius 1 is 1.09 bits per heavy atom. The SMILES string of the molecule is CC(C)=CC(O)c1c(-c2ccc(O)cc2O)oc2c3c(cc(O)c2c1=O)OC(C)(C)C=C3. The summed E-state index contributed by atoms with van der Waals surface area (Å²) in [5.41, 5.74) is -0.0229. The van der Waals surface area contributed by atoms with Crippen molar-refractivity contribution in [2.45, 2.75) is 39.4 Å². The van der Waals surface area contributed by atoms with Crippen molar-refractivity contribution in [3.05, 3.63) is 63.3 Å². The first-order valence-electron chi connectivity index (χ1n) is 10.1. The zero-order valence-electron chi connectivity index (χ0n) is 18.1. The molecule has 2 heterocycles. The van der Waals surface area contributed by atoms with Crippen LogP contribution in [0.1, 0.15) is 44.9 Å². The molecule has 0 aliphatic carbocycles. The summed E-state index contributed by atoms with van der Waals surface area (Å²) in [6.45, 7) is 7.23. The minimum Gasteiger partial charge on any atom is -0.508 e. The highest BCUT2D eigenvalue weighted by Gasteiger charge is 2.30. The molecule has 0 bridgehead atoms. The number of hydrogen-bond donors (Lipinski definition) is 4. The smallest absolute Gasteiger partial charge is 0.203 e. The molecule has 0 saturated heterocycles. The van der Waals surface area contributed by atoms with Crippen LogP contribution < -0.4 is 10.2 Å². The summed E-state index contributed by atoms with van der Waals surface area (Å²) in [4.78, 5) is 13.6. The first-order chi connectivity index (χ1) is 15.0. The van der Waals surface area contributed by atoms with Gasteiger partial charge in [0.05, 0.1) is 16.7 Å². The van der Waals surface area contributed by atoms with Gasteiger partial charge in [-0.05, 0) is 52.0 Å². The molecular weight excluding hydrogens is 412 g/mol. The first-order valence-corrected chi connectivity index (χ1v) is 10.1. The second kappa shape index (κ2) is 7.46. The van der Waals surface area contributed by atoms with Crippen LogP contribution >= 0.6 is 0 Å². The number of aromatic hydroxyl groups is 3. The van der Waals surface area contributed by atoms with E-state index in [2.05, 4.69) is 0 Å². The van der Waals surface area contributed by atoms with Crippen molar-refractivity contribution in [1.29, 1.82) is 0 Å². The number of fused-ring (bicyclic) bond motifs is 3. The van der Waals surface area contributed by atoms with Gasteiger partial charge in [0.15, 0.2) is 5.58 Å². The lowest BCUT2D eigenvalue weighted by atomic mass is 9.95. The van der Waals surface area contributed by atoms with Crippen LogP contribution in [0.3, 0.4) is 0 Å². The zero-order valence-corrected chi connectivity index (χ0v) is 18.1. The molecule has 0 spiro atoms. The molecule has 7 nitrogen and oxygen atoms in total. The van der Waals surface area contributed by atoms with Crippen LogP contribution in [0.25, 0.3) is 28.4 Å². The van der Waals surface area contributed by atoms with E-state index in [9.17, 15) is 25.2 Å². The molecule has 4 N–H and O–H groups in total. The predicted molar refractivity (Wildman–Crippen MR) is 121 cm³/mol. The van der Waals surface area contributed by atoms with Gasteiger partial charge in [0.2, 0.25) is 5.43 Å². The van der Waals surface area contributed by atoms with Gasteiger partial charge in [-0.1, -0.05) is 11.6 Å². The molecule has 0 saturated carbocycles. The number of phenols is 3. The highest BCUT2D eigenvalue weighted by atomic mass is 16.5. The molecule has 1 atom stereocenters. The van der Waals surface area contributed by atoms with Gasteiger partial charge in [-0.25, -0.2) is 0 Å². The normalized spacial score (nSPS) is 15.2. The fourth-order valence-electron chi connectivity index (χ4n) is 3.78. The van der Waals surface area contributed by atoms with E-state index in [0.717, 1.165) is 11.6 Å². The van der Waals surface area contributed by atoms with Crippen molar-refractivity contribution in [2.24, 2.45) is 0 Å². The Labute approximate surface area is 184 Å². The fourth-order valence-corrected chi connectivity index (χ4v) is 3.78. The molecule has 1 aliphatic rings. The Balaban J connectivity index is 2.14. The Morgan fingerprint density at radius 3 is 2.47 bits per heavy atom. The second-order valence-corrected chi connectivity index (χ2v) is 8.61. The van der Waals surface area contributed by atoms with Crippen LogP contribution in [-0.4, -0.2) is 26.0 Å². The minimum atomic E-state index is -1.36. The fraction of sp³-hybridized carbons (Fsp3) is 0.240. The average molecular weight is 436 g/mol. The van der Waals surface area contributed by atoms with Crippen molar-refractivity contribution in [3.8, 4) is 34.3 Å². The molecule has 4 rings (SSSR count). The molecule has 7 heteroatoms.